The Labute approximate surface area is 84.8 Å². The summed E-state index contributed by atoms with van der Waals surface area (Å²) < 4.78 is 129. The Morgan fingerprint density at radius 1 is 0.529 bits per heavy atom. The largest absolute Gasteiger partial charge is 0.449 e. The minimum atomic E-state index is -7.64. The Bertz CT molecular complexity index is 266. The molecule has 0 unspecified atom stereocenters. The van der Waals surface area contributed by atoms with Crippen molar-refractivity contribution >= 4 is 0 Å². The zero-order chi connectivity index (χ0) is 14.5. The van der Waals surface area contributed by atoms with E-state index >= 15 is 0 Å². The van der Waals surface area contributed by atoms with Crippen LogP contribution in [0.2, 0.25) is 0 Å². The van der Waals surface area contributed by atoms with Crippen LogP contribution >= 0.6 is 0 Å². The summed E-state index contributed by atoms with van der Waals surface area (Å²) in [4.78, 5) is 0. The van der Waals surface area contributed by atoms with Crippen molar-refractivity contribution in [1.29, 1.82) is 0 Å². The molecular weight excluding hydrogens is 285 g/mol. The van der Waals surface area contributed by atoms with Crippen LogP contribution in [-0.2, 0) is 5.11 Å². The molecule has 0 aliphatic heterocycles. The van der Waals surface area contributed by atoms with E-state index in [2.05, 4.69) is 0 Å². The normalized spacial score (nSPS) is 16.2. The van der Waals surface area contributed by atoms with Crippen molar-refractivity contribution in [3.05, 3.63) is 0 Å². The van der Waals surface area contributed by atoms with Gasteiger partial charge in [-0.05, 0) is 0 Å². The van der Waals surface area contributed by atoms with Crippen LogP contribution < -0.4 is 0 Å². The summed E-state index contributed by atoms with van der Waals surface area (Å²) in [6, 6.07) is 0. The second kappa shape index (κ2) is 3.59. The Balaban J connectivity index is 6.04. The Kier molecular flexibility index (Phi) is 3.42. The average molecular weight is 285 g/mol. The van der Waals surface area contributed by atoms with Crippen LogP contribution in [0.4, 0.5) is 48.3 Å². The second-order valence-electron chi connectivity index (χ2n) is 2.75. The van der Waals surface area contributed by atoms with E-state index in [-0.39, 0.29) is 0 Å². The Morgan fingerprint density at radius 2 is 0.765 bits per heavy atom. The predicted molar refractivity (Wildman–Crippen MR) is 26.5 cm³/mol. The van der Waals surface area contributed by atoms with Crippen LogP contribution in [0.5, 0.6) is 0 Å². The van der Waals surface area contributed by atoms with E-state index in [1.807, 2.05) is 0 Å². The molecule has 0 aliphatic carbocycles. The highest BCUT2D eigenvalue weighted by Crippen LogP contribution is 2.58. The quantitative estimate of drug-likeness (QED) is 0.692. The molecule has 0 aliphatic rings. The standard InChI is InChI=1S/C5F11O/c6-1(3(9,10)11,4(12,13)14)2(7,8)5(15,16)17. The number of hydrogen-bond donors (Lipinski definition) is 0. The van der Waals surface area contributed by atoms with Gasteiger partial charge in [-0.1, -0.05) is 0 Å². The van der Waals surface area contributed by atoms with Gasteiger partial charge in [0, 0.05) is 0 Å². The van der Waals surface area contributed by atoms with Crippen molar-refractivity contribution in [3.8, 4) is 0 Å². The lowest BCUT2D eigenvalue weighted by Gasteiger charge is -2.36. The third-order valence-corrected chi connectivity index (χ3v) is 1.58. The molecule has 1 radical (unpaired) electrons. The van der Waals surface area contributed by atoms with Gasteiger partial charge in [-0.15, -0.1) is 0 Å². The van der Waals surface area contributed by atoms with E-state index in [0.717, 1.165) is 0 Å². The van der Waals surface area contributed by atoms with Gasteiger partial charge < -0.3 is 0 Å². The van der Waals surface area contributed by atoms with Gasteiger partial charge in [-0.2, -0.15) is 49.0 Å². The van der Waals surface area contributed by atoms with Gasteiger partial charge in [0.05, 0.1) is 0 Å². The molecule has 0 N–H and O–H groups in total. The smallest absolute Gasteiger partial charge is 0.216 e. The fourth-order valence-corrected chi connectivity index (χ4v) is 0.717. The highest BCUT2D eigenvalue weighted by molar-refractivity contribution is 5.08. The first-order valence-corrected chi connectivity index (χ1v) is 3.28. The average Bonchev–Trinajstić information content (AvgIpc) is 1.95. The minimum absolute atomic E-state index is 7.10. The molecule has 0 aromatic carbocycles. The maximum atomic E-state index is 12.4. The second-order valence-corrected chi connectivity index (χ2v) is 2.75. The van der Waals surface area contributed by atoms with E-state index < -0.39 is 30.1 Å². The fourth-order valence-electron chi connectivity index (χ4n) is 0.717. The molecule has 0 fully saturated rings. The molecule has 0 saturated carbocycles. The lowest BCUT2D eigenvalue weighted by Crippen LogP contribution is -2.69. The molecule has 103 valence electrons. The van der Waals surface area contributed by atoms with Gasteiger partial charge in [0.15, 0.2) is 0 Å². The summed E-state index contributed by atoms with van der Waals surface area (Å²) in [6.45, 7) is 0. The van der Waals surface area contributed by atoms with E-state index in [0.29, 0.717) is 0 Å². The van der Waals surface area contributed by atoms with Crippen LogP contribution in [-0.4, -0.2) is 30.1 Å². The molecule has 17 heavy (non-hydrogen) atoms. The zero-order valence-electron chi connectivity index (χ0n) is 7.07. The lowest BCUT2D eigenvalue weighted by atomic mass is 9.95. The number of alkyl halides is 11. The van der Waals surface area contributed by atoms with Gasteiger partial charge in [-0.25, -0.2) is 4.39 Å². The van der Waals surface area contributed by atoms with Crippen molar-refractivity contribution in [1.82, 2.24) is 0 Å². The number of halogens is 11. The van der Waals surface area contributed by atoms with Gasteiger partial charge in [0.25, 0.3) is 0 Å². The summed E-state index contributed by atoms with van der Waals surface area (Å²) in [7, 11) is 0. The van der Waals surface area contributed by atoms with E-state index in [1.54, 1.807) is 0 Å². The van der Waals surface area contributed by atoms with Crippen molar-refractivity contribution in [2.75, 3.05) is 0 Å². The molecule has 0 aromatic heterocycles. The van der Waals surface area contributed by atoms with E-state index in [4.69, 9.17) is 0 Å². The summed E-state index contributed by atoms with van der Waals surface area (Å²) in [5.41, 5.74) is -7.64. The first kappa shape index (κ1) is 16.2. The molecule has 0 rings (SSSR count). The number of hydrogen-bond acceptors (Lipinski definition) is 0. The van der Waals surface area contributed by atoms with Gasteiger partial charge >= 0.3 is 30.1 Å². The monoisotopic (exact) mass is 285 g/mol. The third-order valence-electron chi connectivity index (χ3n) is 1.58. The van der Waals surface area contributed by atoms with Gasteiger partial charge in [0.1, 0.15) is 0 Å². The van der Waals surface area contributed by atoms with E-state index in [9.17, 15) is 53.4 Å². The summed E-state index contributed by atoms with van der Waals surface area (Å²) in [6.07, 6.45) is -22.0. The minimum Gasteiger partial charge on any atom is -0.216 e. The maximum Gasteiger partial charge on any atom is 0.449 e. The summed E-state index contributed by atoms with van der Waals surface area (Å²) in [5, 5.41) is 9.34. The third kappa shape index (κ3) is 2.13. The van der Waals surface area contributed by atoms with Crippen LogP contribution in [0.3, 0.4) is 0 Å². The van der Waals surface area contributed by atoms with Crippen molar-refractivity contribution in [2.45, 2.75) is 30.1 Å². The van der Waals surface area contributed by atoms with Crippen molar-refractivity contribution in [2.24, 2.45) is 0 Å². The topological polar surface area (TPSA) is 19.9 Å². The van der Waals surface area contributed by atoms with Gasteiger partial charge in [-0.3, -0.25) is 0 Å². The summed E-state index contributed by atoms with van der Waals surface area (Å²) >= 11 is 0. The van der Waals surface area contributed by atoms with Crippen molar-refractivity contribution < 1.29 is 53.4 Å². The SMILES string of the molecule is [O]C(F)(F)C(F)(F)C(F)(C(F)(F)F)C(F)(F)F. The molecule has 0 heterocycles. The highest BCUT2D eigenvalue weighted by atomic mass is 19.4. The van der Waals surface area contributed by atoms with Crippen molar-refractivity contribution in [3.63, 3.8) is 0 Å². The molecule has 12 heteroatoms. The van der Waals surface area contributed by atoms with Crippen LogP contribution in [0.15, 0.2) is 0 Å². The molecule has 0 amide bonds. The molecule has 0 bridgehead atoms. The first-order chi connectivity index (χ1) is 7.00. The van der Waals surface area contributed by atoms with Crippen LogP contribution in [0.1, 0.15) is 0 Å². The molecule has 1 nitrogen and oxygen atoms in total. The van der Waals surface area contributed by atoms with E-state index in [1.165, 1.54) is 0 Å². The highest BCUT2D eigenvalue weighted by Gasteiger charge is 2.90. The molecular formula is C5F11O. The first-order valence-electron chi connectivity index (χ1n) is 3.28. The number of rotatable bonds is 2. The van der Waals surface area contributed by atoms with Crippen LogP contribution in [0.25, 0.3) is 0 Å². The fraction of sp³-hybridized carbons (Fsp3) is 1.00. The lowest BCUT2D eigenvalue weighted by molar-refractivity contribution is -0.465. The molecule has 0 atom stereocenters. The molecule has 0 spiro atoms. The summed E-state index contributed by atoms with van der Waals surface area (Å²) in [5.74, 6) is -7.55. The van der Waals surface area contributed by atoms with Gasteiger partial charge in [0.2, 0.25) is 0 Å². The Hall–Kier alpha value is -0.810. The zero-order valence-corrected chi connectivity index (χ0v) is 7.07. The maximum absolute atomic E-state index is 12.4. The molecule has 0 aromatic rings. The Morgan fingerprint density at radius 3 is 0.824 bits per heavy atom. The van der Waals surface area contributed by atoms with Crippen LogP contribution in [0, 0.1) is 0 Å². The molecule has 0 saturated heterocycles. The predicted octanol–water partition coefficient (Wildman–Crippen LogP) is 3.48.